The standard InChI is InChI=1S/C24H19F3N2O2/c25-24(26,27)23(30)31-21(18-14-8-3-9-15-18)22-28-19(16-10-4-1-5-11-16)20(29-22)17-12-6-2-7-13-17/h1-15,19-21H,(H,28,29). The Morgan fingerprint density at radius 3 is 1.90 bits per heavy atom. The highest BCUT2D eigenvalue weighted by Gasteiger charge is 2.44. The van der Waals surface area contributed by atoms with E-state index < -0.39 is 24.3 Å². The summed E-state index contributed by atoms with van der Waals surface area (Å²) in [5.41, 5.74) is 2.21. The molecule has 7 heteroatoms. The van der Waals surface area contributed by atoms with Crippen molar-refractivity contribution in [1.29, 1.82) is 0 Å². The summed E-state index contributed by atoms with van der Waals surface area (Å²) in [4.78, 5) is 16.4. The molecular formula is C24H19F3N2O2. The van der Waals surface area contributed by atoms with Crippen LogP contribution in [0.25, 0.3) is 0 Å². The van der Waals surface area contributed by atoms with Gasteiger partial charge in [-0.3, -0.25) is 4.99 Å². The number of hydrogen-bond acceptors (Lipinski definition) is 4. The molecule has 1 N–H and O–H groups in total. The van der Waals surface area contributed by atoms with Crippen molar-refractivity contribution < 1.29 is 22.7 Å². The number of rotatable bonds is 5. The van der Waals surface area contributed by atoms with E-state index >= 15 is 0 Å². The van der Waals surface area contributed by atoms with Crippen molar-refractivity contribution in [2.24, 2.45) is 4.99 Å². The number of halogens is 3. The van der Waals surface area contributed by atoms with E-state index in [0.29, 0.717) is 5.56 Å². The molecule has 0 aromatic heterocycles. The minimum absolute atomic E-state index is 0.173. The number of alkyl halides is 3. The van der Waals surface area contributed by atoms with Crippen molar-refractivity contribution >= 4 is 11.8 Å². The van der Waals surface area contributed by atoms with Crippen molar-refractivity contribution in [3.63, 3.8) is 0 Å². The maximum Gasteiger partial charge on any atom is 0.490 e. The lowest BCUT2D eigenvalue weighted by molar-refractivity contribution is -0.202. The summed E-state index contributed by atoms with van der Waals surface area (Å²) in [6.07, 6.45) is -6.42. The summed E-state index contributed by atoms with van der Waals surface area (Å²) < 4.78 is 43.8. The summed E-state index contributed by atoms with van der Waals surface area (Å²) in [6.45, 7) is 0. The number of benzene rings is 3. The second-order valence-electron chi connectivity index (χ2n) is 7.10. The Hall–Kier alpha value is -3.61. The number of hydrogen-bond donors (Lipinski definition) is 1. The van der Waals surface area contributed by atoms with Crippen LogP contribution in [0.1, 0.15) is 34.9 Å². The van der Waals surface area contributed by atoms with Crippen molar-refractivity contribution in [3.05, 3.63) is 108 Å². The van der Waals surface area contributed by atoms with E-state index in [9.17, 15) is 18.0 Å². The molecule has 1 aliphatic heterocycles. The maximum absolute atomic E-state index is 13.0. The third-order valence-electron chi connectivity index (χ3n) is 5.00. The summed E-state index contributed by atoms with van der Waals surface area (Å²) in [6, 6.07) is 26.5. The molecule has 158 valence electrons. The first-order valence-corrected chi connectivity index (χ1v) is 9.70. The van der Waals surface area contributed by atoms with E-state index in [1.165, 1.54) is 0 Å². The van der Waals surface area contributed by atoms with Crippen LogP contribution < -0.4 is 5.32 Å². The molecule has 0 saturated heterocycles. The molecular weight excluding hydrogens is 405 g/mol. The monoisotopic (exact) mass is 424 g/mol. The third-order valence-corrected chi connectivity index (χ3v) is 5.00. The van der Waals surface area contributed by atoms with Gasteiger partial charge in [0.05, 0.1) is 6.04 Å². The minimum Gasteiger partial charge on any atom is -0.443 e. The lowest BCUT2D eigenvalue weighted by Gasteiger charge is -2.22. The molecule has 3 aromatic rings. The molecule has 0 spiro atoms. The van der Waals surface area contributed by atoms with Gasteiger partial charge in [0, 0.05) is 5.56 Å². The number of ether oxygens (including phenoxy) is 1. The zero-order chi connectivity index (χ0) is 21.8. The van der Waals surface area contributed by atoms with Gasteiger partial charge in [-0.2, -0.15) is 13.2 Å². The molecule has 0 fully saturated rings. The van der Waals surface area contributed by atoms with E-state index in [1.807, 2.05) is 60.7 Å². The average molecular weight is 424 g/mol. The Labute approximate surface area is 177 Å². The molecule has 0 bridgehead atoms. The molecule has 1 heterocycles. The topological polar surface area (TPSA) is 50.7 Å². The van der Waals surface area contributed by atoms with Gasteiger partial charge in [0.1, 0.15) is 11.9 Å². The molecule has 3 atom stereocenters. The van der Waals surface area contributed by atoms with E-state index in [-0.39, 0.29) is 11.9 Å². The Morgan fingerprint density at radius 2 is 1.35 bits per heavy atom. The number of esters is 1. The van der Waals surface area contributed by atoms with Crippen molar-refractivity contribution in [1.82, 2.24) is 5.32 Å². The van der Waals surface area contributed by atoms with Crippen LogP contribution in [-0.4, -0.2) is 18.0 Å². The first-order chi connectivity index (χ1) is 14.9. The summed E-state index contributed by atoms with van der Waals surface area (Å²) in [5, 5.41) is 3.22. The second-order valence-corrected chi connectivity index (χ2v) is 7.10. The minimum atomic E-state index is -5.11. The van der Waals surface area contributed by atoms with Gasteiger partial charge >= 0.3 is 12.1 Å². The lowest BCUT2D eigenvalue weighted by atomic mass is 9.95. The highest BCUT2D eigenvalue weighted by Crippen LogP contribution is 2.39. The van der Waals surface area contributed by atoms with Gasteiger partial charge in [-0.05, 0) is 11.1 Å². The summed E-state index contributed by atoms with van der Waals surface area (Å²) in [5.74, 6) is -2.09. The molecule has 0 saturated carbocycles. The Bertz CT molecular complexity index is 1050. The van der Waals surface area contributed by atoms with Crippen molar-refractivity contribution in [3.8, 4) is 0 Å². The van der Waals surface area contributed by atoms with Crippen molar-refractivity contribution in [2.75, 3.05) is 0 Å². The van der Waals surface area contributed by atoms with E-state index in [2.05, 4.69) is 10.3 Å². The largest absolute Gasteiger partial charge is 0.490 e. The van der Waals surface area contributed by atoms with Crippen LogP contribution in [0.5, 0.6) is 0 Å². The molecule has 31 heavy (non-hydrogen) atoms. The predicted octanol–water partition coefficient (Wildman–Crippen LogP) is 5.32. The fourth-order valence-corrected chi connectivity index (χ4v) is 3.57. The van der Waals surface area contributed by atoms with Crippen LogP contribution in [0.4, 0.5) is 13.2 Å². The zero-order valence-corrected chi connectivity index (χ0v) is 16.3. The number of aliphatic imine (C=N–C) groups is 1. The molecule has 4 rings (SSSR count). The van der Waals surface area contributed by atoms with Crippen LogP contribution in [0.3, 0.4) is 0 Å². The van der Waals surface area contributed by atoms with E-state index in [4.69, 9.17) is 4.74 Å². The van der Waals surface area contributed by atoms with Gasteiger partial charge in [0.2, 0.25) is 0 Å². The van der Waals surface area contributed by atoms with E-state index in [1.54, 1.807) is 30.3 Å². The highest BCUT2D eigenvalue weighted by atomic mass is 19.4. The predicted molar refractivity (Wildman–Crippen MR) is 110 cm³/mol. The quantitative estimate of drug-likeness (QED) is 0.564. The highest BCUT2D eigenvalue weighted by molar-refractivity contribution is 5.92. The lowest BCUT2D eigenvalue weighted by Crippen LogP contribution is -2.35. The van der Waals surface area contributed by atoms with Gasteiger partial charge in [-0.25, -0.2) is 4.79 Å². The third kappa shape index (κ3) is 4.60. The Morgan fingerprint density at radius 1 is 0.839 bits per heavy atom. The maximum atomic E-state index is 13.0. The fraction of sp³-hybridized carbons (Fsp3) is 0.167. The molecule has 0 aliphatic carbocycles. The molecule has 0 radical (unpaired) electrons. The zero-order valence-electron chi connectivity index (χ0n) is 16.3. The average Bonchev–Trinajstić information content (AvgIpc) is 3.23. The molecule has 0 amide bonds. The van der Waals surface area contributed by atoms with E-state index in [0.717, 1.165) is 11.1 Å². The number of amidine groups is 1. The van der Waals surface area contributed by atoms with Gasteiger partial charge in [-0.15, -0.1) is 0 Å². The SMILES string of the molecule is O=C(OC(C1=NC(c2ccccc2)C(c2ccccc2)N1)c1ccccc1)C(F)(F)F. The summed E-state index contributed by atoms with van der Waals surface area (Å²) >= 11 is 0. The number of carbonyl (C=O) groups is 1. The number of nitrogens with one attached hydrogen (secondary N) is 1. The normalized spacial score (nSPS) is 19.3. The van der Waals surface area contributed by atoms with Gasteiger partial charge in [0.15, 0.2) is 6.10 Å². The van der Waals surface area contributed by atoms with Crippen molar-refractivity contribution in [2.45, 2.75) is 24.4 Å². The first-order valence-electron chi connectivity index (χ1n) is 9.70. The van der Waals surface area contributed by atoms with Gasteiger partial charge in [0.25, 0.3) is 0 Å². The van der Waals surface area contributed by atoms with Crippen LogP contribution in [0.2, 0.25) is 0 Å². The van der Waals surface area contributed by atoms with Crippen LogP contribution in [0.15, 0.2) is 96.0 Å². The first kappa shape index (κ1) is 20.7. The van der Waals surface area contributed by atoms with Crippen LogP contribution in [0, 0.1) is 0 Å². The van der Waals surface area contributed by atoms with Crippen LogP contribution >= 0.6 is 0 Å². The fourth-order valence-electron chi connectivity index (χ4n) is 3.57. The molecule has 4 nitrogen and oxygen atoms in total. The number of carbonyl (C=O) groups excluding carboxylic acids is 1. The Kier molecular flexibility index (Phi) is 5.75. The summed E-state index contributed by atoms with van der Waals surface area (Å²) in [7, 11) is 0. The van der Waals surface area contributed by atoms with Gasteiger partial charge in [-0.1, -0.05) is 91.0 Å². The van der Waals surface area contributed by atoms with Crippen LogP contribution in [-0.2, 0) is 9.53 Å². The second kappa shape index (κ2) is 8.63. The number of nitrogens with zero attached hydrogens (tertiary/aromatic N) is 1. The molecule has 3 unspecified atom stereocenters. The smallest absolute Gasteiger partial charge is 0.443 e. The molecule has 3 aromatic carbocycles. The molecule has 1 aliphatic rings. The Balaban J connectivity index is 1.74. The van der Waals surface area contributed by atoms with Gasteiger partial charge < -0.3 is 10.1 Å².